The molecule has 2 rings (SSSR count). The van der Waals surface area contributed by atoms with Crippen LogP contribution in [0, 0.1) is 13.8 Å². The van der Waals surface area contributed by atoms with E-state index in [0.717, 1.165) is 11.3 Å². The third kappa shape index (κ3) is 3.48. The largest absolute Gasteiger partial charge is 0.462 e. The zero-order valence-electron chi connectivity index (χ0n) is 13.3. The van der Waals surface area contributed by atoms with Crippen LogP contribution in [0.1, 0.15) is 56.4 Å². The van der Waals surface area contributed by atoms with Crippen molar-refractivity contribution in [3.63, 3.8) is 0 Å². The number of carbonyl (C=O) groups excluding carboxylic acids is 3. The van der Waals surface area contributed by atoms with Crippen LogP contribution in [-0.4, -0.2) is 34.2 Å². The molecule has 0 bridgehead atoms. The first kappa shape index (κ1) is 16.9. The van der Waals surface area contributed by atoms with Gasteiger partial charge in [0.25, 0.3) is 5.91 Å². The lowest BCUT2D eigenvalue weighted by Crippen LogP contribution is -2.14. The van der Waals surface area contributed by atoms with Crippen LogP contribution in [0.4, 0.5) is 5.13 Å². The summed E-state index contributed by atoms with van der Waals surface area (Å²) in [6.45, 7) is 6.76. The lowest BCUT2D eigenvalue weighted by atomic mass is 10.1. The van der Waals surface area contributed by atoms with Crippen LogP contribution in [0.5, 0.6) is 0 Å². The molecule has 122 valence electrons. The lowest BCUT2D eigenvalue weighted by Gasteiger charge is -2.03. The van der Waals surface area contributed by atoms with E-state index in [1.165, 1.54) is 6.92 Å². The van der Waals surface area contributed by atoms with E-state index in [1.807, 2.05) is 0 Å². The predicted octanol–water partition coefficient (Wildman–Crippen LogP) is 2.72. The Morgan fingerprint density at radius 2 is 2.04 bits per heavy atom. The number of anilines is 1. The van der Waals surface area contributed by atoms with Gasteiger partial charge in [-0.3, -0.25) is 14.9 Å². The summed E-state index contributed by atoms with van der Waals surface area (Å²) in [5.74, 6) is -1.06. The molecule has 0 radical (unpaired) electrons. The number of H-pyrrole nitrogens is 1. The Balaban J connectivity index is 2.24. The highest BCUT2D eigenvalue weighted by atomic mass is 32.1. The molecule has 0 atom stereocenters. The van der Waals surface area contributed by atoms with Gasteiger partial charge < -0.3 is 9.72 Å². The maximum Gasteiger partial charge on any atom is 0.340 e. The highest BCUT2D eigenvalue weighted by Crippen LogP contribution is 2.21. The molecule has 2 aromatic rings. The number of thiazole rings is 1. The zero-order chi connectivity index (χ0) is 17.1. The van der Waals surface area contributed by atoms with Gasteiger partial charge in [0.15, 0.2) is 10.9 Å². The van der Waals surface area contributed by atoms with Gasteiger partial charge in [-0.25, -0.2) is 9.78 Å². The van der Waals surface area contributed by atoms with Crippen LogP contribution < -0.4 is 5.32 Å². The first-order chi connectivity index (χ1) is 10.8. The summed E-state index contributed by atoms with van der Waals surface area (Å²) in [5.41, 5.74) is 2.01. The number of nitrogens with zero attached hydrogens (tertiary/aromatic N) is 1. The normalized spacial score (nSPS) is 10.4. The molecule has 0 aliphatic rings. The fourth-order valence-electron chi connectivity index (χ4n) is 2.14. The van der Waals surface area contributed by atoms with E-state index in [0.29, 0.717) is 27.6 Å². The van der Waals surface area contributed by atoms with E-state index in [1.54, 1.807) is 26.2 Å². The quantitative estimate of drug-likeness (QED) is 0.646. The molecule has 0 fully saturated rings. The number of esters is 1. The predicted molar refractivity (Wildman–Crippen MR) is 86.3 cm³/mol. The molecule has 0 aliphatic carbocycles. The van der Waals surface area contributed by atoms with Gasteiger partial charge in [0.1, 0.15) is 11.4 Å². The van der Waals surface area contributed by atoms with Crippen molar-refractivity contribution in [1.29, 1.82) is 0 Å². The summed E-state index contributed by atoms with van der Waals surface area (Å²) in [6, 6.07) is 0. The number of hydrogen-bond donors (Lipinski definition) is 2. The fourth-order valence-corrected chi connectivity index (χ4v) is 2.88. The number of aryl methyl sites for hydroxylation is 1. The molecule has 0 spiro atoms. The summed E-state index contributed by atoms with van der Waals surface area (Å²) < 4.78 is 4.99. The second kappa shape index (κ2) is 6.74. The average molecular weight is 335 g/mol. The third-order valence-corrected chi connectivity index (χ3v) is 3.99. The molecule has 0 saturated carbocycles. The van der Waals surface area contributed by atoms with Gasteiger partial charge in [-0.05, 0) is 26.3 Å². The first-order valence-corrected chi connectivity index (χ1v) is 7.87. The minimum atomic E-state index is -0.467. The van der Waals surface area contributed by atoms with Crippen molar-refractivity contribution in [1.82, 2.24) is 9.97 Å². The molecular formula is C15H17N3O4S. The van der Waals surface area contributed by atoms with Gasteiger partial charge in [0, 0.05) is 18.0 Å². The Kier molecular flexibility index (Phi) is 4.95. The van der Waals surface area contributed by atoms with Crippen LogP contribution in [0.25, 0.3) is 0 Å². The molecule has 0 saturated heterocycles. The van der Waals surface area contributed by atoms with Crippen molar-refractivity contribution in [3.8, 4) is 0 Å². The fraction of sp³-hybridized carbons (Fsp3) is 0.333. The Morgan fingerprint density at radius 3 is 2.61 bits per heavy atom. The van der Waals surface area contributed by atoms with Crippen molar-refractivity contribution in [2.45, 2.75) is 27.7 Å². The molecule has 2 aromatic heterocycles. The minimum absolute atomic E-state index is 0.168. The number of Topliss-reactive ketones (excluding diaryl/α,β-unsaturated/α-hetero) is 1. The van der Waals surface area contributed by atoms with Crippen LogP contribution in [-0.2, 0) is 4.74 Å². The van der Waals surface area contributed by atoms with Gasteiger partial charge in [-0.15, -0.1) is 11.3 Å². The third-order valence-electron chi connectivity index (χ3n) is 3.23. The van der Waals surface area contributed by atoms with Crippen LogP contribution in [0.15, 0.2) is 5.38 Å². The highest BCUT2D eigenvalue weighted by molar-refractivity contribution is 7.14. The number of carbonyl (C=O) groups is 3. The minimum Gasteiger partial charge on any atom is -0.462 e. The molecule has 0 aliphatic heterocycles. The van der Waals surface area contributed by atoms with Gasteiger partial charge in [-0.1, -0.05) is 0 Å². The zero-order valence-corrected chi connectivity index (χ0v) is 14.1. The lowest BCUT2D eigenvalue weighted by molar-refractivity contribution is 0.0525. The van der Waals surface area contributed by atoms with E-state index in [4.69, 9.17) is 4.74 Å². The molecule has 0 unspecified atom stereocenters. The Hall–Kier alpha value is -2.48. The Morgan fingerprint density at radius 1 is 1.35 bits per heavy atom. The topological polar surface area (TPSA) is 101 Å². The number of rotatable bonds is 5. The van der Waals surface area contributed by atoms with Gasteiger partial charge in [0.05, 0.1) is 12.2 Å². The van der Waals surface area contributed by atoms with Crippen LogP contribution >= 0.6 is 11.3 Å². The molecule has 8 heteroatoms. The summed E-state index contributed by atoms with van der Waals surface area (Å²) in [7, 11) is 0. The van der Waals surface area contributed by atoms with E-state index in [2.05, 4.69) is 15.3 Å². The monoisotopic (exact) mass is 335 g/mol. The van der Waals surface area contributed by atoms with Crippen LogP contribution in [0.3, 0.4) is 0 Å². The number of ketones is 1. The van der Waals surface area contributed by atoms with Crippen molar-refractivity contribution in [2.24, 2.45) is 0 Å². The summed E-state index contributed by atoms with van der Waals surface area (Å²) >= 11 is 1.16. The van der Waals surface area contributed by atoms with Gasteiger partial charge in [0.2, 0.25) is 0 Å². The molecule has 7 nitrogen and oxygen atoms in total. The summed E-state index contributed by atoms with van der Waals surface area (Å²) in [4.78, 5) is 42.4. The second-order valence-corrected chi connectivity index (χ2v) is 5.75. The van der Waals surface area contributed by atoms with E-state index >= 15 is 0 Å². The van der Waals surface area contributed by atoms with E-state index in [-0.39, 0.29) is 18.1 Å². The smallest absolute Gasteiger partial charge is 0.340 e. The van der Waals surface area contributed by atoms with E-state index < -0.39 is 11.9 Å². The van der Waals surface area contributed by atoms with Crippen molar-refractivity contribution >= 4 is 34.1 Å². The standard InChI is InChI=1S/C15H17N3O4S/c1-5-22-14(21)11-7(2)12(16-8(11)3)13(20)18-15-17-10(6-23-15)9(4)19/h6,16H,5H2,1-4H3,(H,17,18,20). The maximum absolute atomic E-state index is 12.3. The molecule has 2 heterocycles. The molecule has 0 aromatic carbocycles. The summed E-state index contributed by atoms with van der Waals surface area (Å²) in [6.07, 6.45) is 0. The number of aromatic amines is 1. The number of nitrogens with one attached hydrogen (secondary N) is 2. The first-order valence-electron chi connectivity index (χ1n) is 6.99. The average Bonchev–Trinajstić information content (AvgIpc) is 3.04. The molecule has 2 N–H and O–H groups in total. The summed E-state index contributed by atoms with van der Waals surface area (Å²) in [5, 5.41) is 4.52. The molecule has 1 amide bonds. The number of hydrogen-bond acceptors (Lipinski definition) is 6. The van der Waals surface area contributed by atoms with Crippen molar-refractivity contribution in [3.05, 3.63) is 33.6 Å². The Labute approximate surface area is 137 Å². The SMILES string of the molecule is CCOC(=O)c1c(C)[nH]c(C(=O)Nc2nc(C(C)=O)cs2)c1C. The number of ether oxygens (including phenoxy) is 1. The van der Waals surface area contributed by atoms with Gasteiger partial charge >= 0.3 is 5.97 Å². The van der Waals surface area contributed by atoms with E-state index in [9.17, 15) is 14.4 Å². The van der Waals surface area contributed by atoms with Crippen LogP contribution in [0.2, 0.25) is 0 Å². The maximum atomic E-state index is 12.3. The molecule has 23 heavy (non-hydrogen) atoms. The molecular weight excluding hydrogens is 318 g/mol. The number of amides is 1. The van der Waals surface area contributed by atoms with Gasteiger partial charge in [-0.2, -0.15) is 0 Å². The van der Waals surface area contributed by atoms with Crippen molar-refractivity contribution < 1.29 is 19.1 Å². The highest BCUT2D eigenvalue weighted by Gasteiger charge is 2.23. The van der Waals surface area contributed by atoms with Crippen molar-refractivity contribution in [2.75, 3.05) is 11.9 Å². The number of aromatic nitrogens is 2. The Bertz CT molecular complexity index is 776. The second-order valence-electron chi connectivity index (χ2n) is 4.89.